The van der Waals surface area contributed by atoms with Crippen molar-refractivity contribution in [3.8, 4) is 28.8 Å². The minimum absolute atomic E-state index is 0.0170. The highest BCUT2D eigenvalue weighted by atomic mass is 32.2. The molecule has 0 spiro atoms. The highest BCUT2D eigenvalue weighted by Crippen LogP contribution is 2.35. The largest absolute Gasteiger partial charge is 0.464 e. The molecule has 0 aliphatic carbocycles. The van der Waals surface area contributed by atoms with Crippen molar-refractivity contribution in [2.75, 3.05) is 17.9 Å². The third-order valence-electron chi connectivity index (χ3n) is 4.90. The fourth-order valence-corrected chi connectivity index (χ4v) is 4.09. The highest BCUT2D eigenvalue weighted by molar-refractivity contribution is 7.92. The fraction of sp³-hybridized carbons (Fsp3) is 0.280. The molecule has 0 aliphatic rings. The summed E-state index contributed by atoms with van der Waals surface area (Å²) in [5, 5.41) is 8.83. The molecule has 33 heavy (non-hydrogen) atoms. The van der Waals surface area contributed by atoms with Crippen LogP contribution < -0.4 is 9.46 Å². The van der Waals surface area contributed by atoms with Crippen LogP contribution in [0.2, 0.25) is 0 Å². The second-order valence-corrected chi connectivity index (χ2v) is 10.1. The monoisotopic (exact) mass is 465 g/mol. The Bertz CT molecular complexity index is 1270. The number of benzene rings is 2. The second-order valence-electron chi connectivity index (χ2n) is 8.45. The average Bonchev–Trinajstić information content (AvgIpc) is 2.77. The van der Waals surface area contributed by atoms with Gasteiger partial charge in [0.1, 0.15) is 12.9 Å². The van der Waals surface area contributed by atoms with Crippen LogP contribution in [0.3, 0.4) is 0 Å². The van der Waals surface area contributed by atoms with Crippen LogP contribution in [0.1, 0.15) is 31.9 Å². The zero-order valence-corrected chi connectivity index (χ0v) is 19.9. The predicted octanol–water partition coefficient (Wildman–Crippen LogP) is 3.92. The molecule has 3 aromatic rings. The number of aryl methyl sites for hydroxylation is 1. The van der Waals surface area contributed by atoms with Gasteiger partial charge in [-0.2, -0.15) is 0 Å². The molecule has 0 bridgehead atoms. The molecule has 1 aromatic heterocycles. The van der Waals surface area contributed by atoms with E-state index >= 15 is 0 Å². The zero-order valence-electron chi connectivity index (χ0n) is 19.1. The van der Waals surface area contributed by atoms with E-state index in [0.29, 0.717) is 11.1 Å². The van der Waals surface area contributed by atoms with E-state index in [2.05, 4.69) is 47.3 Å². The molecule has 0 radical (unpaired) electrons. The lowest BCUT2D eigenvalue weighted by atomic mass is 9.87. The predicted molar refractivity (Wildman–Crippen MR) is 129 cm³/mol. The molecule has 0 saturated carbocycles. The summed E-state index contributed by atoms with van der Waals surface area (Å²) in [4.78, 5) is 8.50. The number of nitrogens with zero attached hydrogens (tertiary/aromatic N) is 2. The van der Waals surface area contributed by atoms with Crippen molar-refractivity contribution in [3.05, 3.63) is 66.0 Å². The summed E-state index contributed by atoms with van der Waals surface area (Å²) < 4.78 is 34.5. The van der Waals surface area contributed by atoms with E-state index in [9.17, 15) is 8.42 Å². The third kappa shape index (κ3) is 6.09. The van der Waals surface area contributed by atoms with Crippen molar-refractivity contribution < 1.29 is 18.3 Å². The Morgan fingerprint density at radius 2 is 1.67 bits per heavy atom. The molecule has 0 amide bonds. The van der Waals surface area contributed by atoms with Crippen LogP contribution in [0, 0.1) is 18.8 Å². The van der Waals surface area contributed by atoms with E-state index in [0.717, 1.165) is 11.1 Å². The lowest BCUT2D eigenvalue weighted by Crippen LogP contribution is -2.16. The van der Waals surface area contributed by atoms with Crippen LogP contribution in [-0.2, 0) is 15.4 Å². The number of anilines is 1. The molecule has 3 rings (SSSR count). The molecule has 0 saturated heterocycles. The van der Waals surface area contributed by atoms with Gasteiger partial charge in [0.15, 0.2) is 12.4 Å². The minimum atomic E-state index is -3.92. The SMILES string of the molecule is Cc1ccc(-c2c(NS(=O)(=O)c3ccc(C(C)(C)C)cc3)ncnc2OCC#CCO)cc1. The molecule has 7 nitrogen and oxygen atoms in total. The van der Waals surface area contributed by atoms with Gasteiger partial charge in [-0.1, -0.05) is 74.6 Å². The van der Waals surface area contributed by atoms with Crippen molar-refractivity contribution >= 4 is 15.8 Å². The van der Waals surface area contributed by atoms with Gasteiger partial charge < -0.3 is 9.84 Å². The van der Waals surface area contributed by atoms with Crippen LogP contribution in [0.5, 0.6) is 5.88 Å². The van der Waals surface area contributed by atoms with Crippen LogP contribution in [0.4, 0.5) is 5.82 Å². The number of hydrogen-bond donors (Lipinski definition) is 2. The van der Waals surface area contributed by atoms with E-state index in [4.69, 9.17) is 9.84 Å². The molecule has 2 aromatic carbocycles. The van der Waals surface area contributed by atoms with Gasteiger partial charge in [0, 0.05) is 0 Å². The summed E-state index contributed by atoms with van der Waals surface area (Å²) in [5.41, 5.74) is 3.08. The Kier molecular flexibility index (Phi) is 7.36. The first-order valence-electron chi connectivity index (χ1n) is 10.4. The quantitative estimate of drug-likeness (QED) is 0.535. The maximum atomic E-state index is 13.1. The maximum absolute atomic E-state index is 13.1. The van der Waals surface area contributed by atoms with Gasteiger partial charge in [-0.25, -0.2) is 18.4 Å². The molecule has 0 fully saturated rings. The van der Waals surface area contributed by atoms with Crippen molar-refractivity contribution in [3.63, 3.8) is 0 Å². The highest BCUT2D eigenvalue weighted by Gasteiger charge is 2.22. The van der Waals surface area contributed by atoms with E-state index in [1.165, 1.54) is 6.33 Å². The number of sulfonamides is 1. The van der Waals surface area contributed by atoms with Crippen LogP contribution >= 0.6 is 0 Å². The van der Waals surface area contributed by atoms with Crippen molar-refractivity contribution in [1.29, 1.82) is 0 Å². The molecule has 1 heterocycles. The van der Waals surface area contributed by atoms with Crippen LogP contribution in [0.25, 0.3) is 11.1 Å². The summed E-state index contributed by atoms with van der Waals surface area (Å²) in [5.74, 6) is 5.44. The van der Waals surface area contributed by atoms with E-state index < -0.39 is 10.0 Å². The molecule has 0 unspecified atom stereocenters. The maximum Gasteiger partial charge on any atom is 0.263 e. The molecule has 172 valence electrons. The number of ether oxygens (including phenoxy) is 1. The topological polar surface area (TPSA) is 101 Å². The smallest absolute Gasteiger partial charge is 0.263 e. The first-order valence-corrected chi connectivity index (χ1v) is 11.8. The molecule has 0 aliphatic heterocycles. The normalized spacial score (nSPS) is 11.4. The third-order valence-corrected chi connectivity index (χ3v) is 6.25. The van der Waals surface area contributed by atoms with Crippen molar-refractivity contribution in [1.82, 2.24) is 9.97 Å². The Labute approximate surface area is 194 Å². The van der Waals surface area contributed by atoms with Crippen molar-refractivity contribution in [2.24, 2.45) is 0 Å². The Morgan fingerprint density at radius 3 is 2.27 bits per heavy atom. The van der Waals surface area contributed by atoms with Gasteiger partial charge in [0.25, 0.3) is 10.0 Å². The van der Waals surface area contributed by atoms with E-state index in [1.54, 1.807) is 12.1 Å². The Balaban J connectivity index is 2.01. The first kappa shape index (κ1) is 24.2. The average molecular weight is 466 g/mol. The summed E-state index contributed by atoms with van der Waals surface area (Å²) >= 11 is 0. The number of aromatic nitrogens is 2. The number of hydrogen-bond acceptors (Lipinski definition) is 6. The summed E-state index contributed by atoms with van der Waals surface area (Å²) in [7, 11) is -3.92. The number of aliphatic hydroxyl groups is 1. The fourth-order valence-electron chi connectivity index (χ4n) is 3.07. The molecular weight excluding hydrogens is 438 g/mol. The number of nitrogens with one attached hydrogen (secondary N) is 1. The number of rotatable bonds is 6. The summed E-state index contributed by atoms with van der Waals surface area (Å²) in [6.07, 6.45) is 1.23. The first-order chi connectivity index (χ1) is 15.6. The lowest BCUT2D eigenvalue weighted by Gasteiger charge is -2.19. The van der Waals surface area contributed by atoms with Crippen molar-refractivity contribution in [2.45, 2.75) is 38.0 Å². The standard InChI is InChI=1S/C25H27N3O4S/c1-18-7-9-19(10-8-18)22-23(26-17-27-24(22)32-16-6-5-15-29)28-33(30,31)21-13-11-20(12-14-21)25(2,3)4/h7-14,17,29H,15-16H2,1-4H3,(H,26,27,28). The van der Waals surface area contributed by atoms with Gasteiger partial charge in [-0.15, -0.1) is 0 Å². The lowest BCUT2D eigenvalue weighted by molar-refractivity contribution is 0.345. The van der Waals surface area contributed by atoms with E-state index in [1.807, 2.05) is 43.3 Å². The zero-order chi connectivity index (χ0) is 24.1. The molecule has 0 atom stereocenters. The van der Waals surface area contributed by atoms with Gasteiger partial charge in [-0.3, -0.25) is 4.72 Å². The molecule has 2 N–H and O–H groups in total. The summed E-state index contributed by atoms with van der Waals surface area (Å²) in [6, 6.07) is 14.3. The number of aliphatic hydroxyl groups excluding tert-OH is 1. The second kappa shape index (κ2) is 10.0. The van der Waals surface area contributed by atoms with Gasteiger partial charge in [0.2, 0.25) is 5.88 Å². The molecule has 8 heteroatoms. The summed E-state index contributed by atoms with van der Waals surface area (Å²) in [6.45, 7) is 7.85. The van der Waals surface area contributed by atoms with Gasteiger partial charge >= 0.3 is 0 Å². The minimum Gasteiger partial charge on any atom is -0.464 e. The molecular formula is C25H27N3O4S. The Morgan fingerprint density at radius 1 is 1.00 bits per heavy atom. The van der Waals surface area contributed by atoms with Crippen LogP contribution in [-0.4, -0.2) is 36.7 Å². The van der Waals surface area contributed by atoms with Crippen LogP contribution in [0.15, 0.2) is 59.8 Å². The van der Waals surface area contributed by atoms with E-state index in [-0.39, 0.29) is 35.2 Å². The Hall–Kier alpha value is -3.41. The van der Waals surface area contributed by atoms with Gasteiger partial charge in [-0.05, 0) is 35.6 Å². The van der Waals surface area contributed by atoms with Gasteiger partial charge in [0.05, 0.1) is 10.5 Å².